The van der Waals surface area contributed by atoms with Crippen molar-refractivity contribution in [1.82, 2.24) is 14.1 Å². The van der Waals surface area contributed by atoms with Crippen LogP contribution in [0.1, 0.15) is 27.8 Å². The minimum atomic E-state index is 0.584. The Kier molecular flexibility index (Phi) is 8.73. The zero-order valence-electron chi connectivity index (χ0n) is 35.1. The van der Waals surface area contributed by atoms with E-state index < -0.39 is 0 Å². The van der Waals surface area contributed by atoms with E-state index in [4.69, 9.17) is 4.98 Å². The summed E-state index contributed by atoms with van der Waals surface area (Å²) in [5.41, 5.74) is 20.0. The number of para-hydroxylation sites is 2. The average Bonchev–Trinajstić information content (AvgIpc) is 3.81. The molecule has 0 N–H and O–H groups in total. The second-order valence-corrected chi connectivity index (χ2v) is 16.6. The molecule has 8 aromatic carbocycles. The summed E-state index contributed by atoms with van der Waals surface area (Å²) in [7, 11) is 0. The van der Waals surface area contributed by atoms with Crippen LogP contribution < -0.4 is 0 Å². The molecule has 0 aliphatic heterocycles. The molecule has 4 heteroatoms. The predicted octanol–water partition coefficient (Wildman–Crippen LogP) is 15.0. The molecular weight excluding hydrogens is 753 g/mol. The van der Waals surface area contributed by atoms with Gasteiger partial charge in [0, 0.05) is 38.9 Å². The molecule has 0 saturated heterocycles. The molecule has 0 bridgehead atoms. The smallest absolute Gasteiger partial charge is 0.104 e. The third-order valence-electron chi connectivity index (χ3n) is 12.6. The molecule has 294 valence electrons. The number of pyridine rings is 1. The fourth-order valence-corrected chi connectivity index (χ4v) is 9.77. The van der Waals surface area contributed by atoms with Crippen LogP contribution in [0.3, 0.4) is 0 Å². The Morgan fingerprint density at radius 3 is 1.42 bits per heavy atom. The molecule has 4 nitrogen and oxygen atoms in total. The summed E-state index contributed by atoms with van der Waals surface area (Å²) in [5, 5.41) is 16.1. The molecule has 3 heterocycles. The fourth-order valence-electron chi connectivity index (χ4n) is 9.77. The number of nitriles is 1. The molecule has 0 radical (unpaired) electrons. The third kappa shape index (κ3) is 5.93. The Bertz CT molecular complexity index is 3440. The van der Waals surface area contributed by atoms with Crippen LogP contribution in [0.25, 0.3) is 99.6 Å². The monoisotopic (exact) mass is 794 g/mol. The maximum atomic E-state index is 11.6. The van der Waals surface area contributed by atoms with Crippen LogP contribution >= 0.6 is 0 Å². The Hall–Kier alpha value is -8.00. The topological polar surface area (TPSA) is 46.5 Å². The number of fused-ring (bicyclic) bond motifs is 6. The summed E-state index contributed by atoms with van der Waals surface area (Å²) < 4.78 is 4.60. The minimum Gasteiger partial charge on any atom is -0.308 e. The van der Waals surface area contributed by atoms with E-state index >= 15 is 0 Å². The normalized spacial score (nSPS) is 11.5. The highest BCUT2D eigenvalue weighted by Crippen LogP contribution is 2.43. The Morgan fingerprint density at radius 2 is 0.903 bits per heavy atom. The van der Waals surface area contributed by atoms with Crippen LogP contribution in [0, 0.1) is 39.0 Å². The Balaban J connectivity index is 1.24. The summed E-state index contributed by atoms with van der Waals surface area (Å²) in [6.07, 6.45) is 1.86. The highest BCUT2D eigenvalue weighted by atomic mass is 15.0. The molecule has 0 atom stereocenters. The van der Waals surface area contributed by atoms with Gasteiger partial charge in [-0.25, -0.2) is 0 Å². The van der Waals surface area contributed by atoms with Crippen molar-refractivity contribution in [3.05, 3.63) is 210 Å². The van der Waals surface area contributed by atoms with Gasteiger partial charge in [0.2, 0.25) is 0 Å². The quantitative estimate of drug-likeness (QED) is 0.168. The van der Waals surface area contributed by atoms with Crippen molar-refractivity contribution in [3.63, 3.8) is 0 Å². The maximum Gasteiger partial charge on any atom is 0.104 e. The van der Waals surface area contributed by atoms with Crippen LogP contribution in [0.5, 0.6) is 0 Å². The van der Waals surface area contributed by atoms with E-state index in [2.05, 4.69) is 207 Å². The van der Waals surface area contributed by atoms with E-state index in [1.54, 1.807) is 0 Å². The van der Waals surface area contributed by atoms with Crippen LogP contribution in [-0.2, 0) is 0 Å². The Morgan fingerprint density at radius 1 is 0.403 bits per heavy atom. The molecule has 0 unspecified atom stereocenters. The number of aromatic nitrogens is 3. The SMILES string of the molecule is Cc1ccc(-c2ccc3c(c2)c2ccccc2n3-c2cc(-c3cccnc3-c3ccccc3)cc(-n3c4ccccc4c4cc(-c5ccc(C)cc5C)ccc43)c2C#N)c(C)c1. The van der Waals surface area contributed by atoms with Gasteiger partial charge in [-0.1, -0.05) is 132 Å². The van der Waals surface area contributed by atoms with E-state index in [0.29, 0.717) is 5.56 Å². The molecule has 62 heavy (non-hydrogen) atoms. The van der Waals surface area contributed by atoms with Crippen LogP contribution in [0.2, 0.25) is 0 Å². The van der Waals surface area contributed by atoms with Gasteiger partial charge in [-0.2, -0.15) is 5.26 Å². The summed E-state index contributed by atoms with van der Waals surface area (Å²) >= 11 is 0. The fraction of sp³-hybridized carbons (Fsp3) is 0.0690. The lowest BCUT2D eigenvalue weighted by Gasteiger charge is -2.19. The molecule has 0 spiro atoms. The molecule has 11 rings (SSSR count). The number of hydrogen-bond donors (Lipinski definition) is 0. The number of aryl methyl sites for hydroxylation is 4. The average molecular weight is 795 g/mol. The first-order valence-electron chi connectivity index (χ1n) is 21.2. The standard InChI is InChI=1S/C58H42N4/c1-36-20-24-44(38(3)29-36)41-22-26-54-49(31-41)47-15-8-10-18-52(47)61(54)56-33-43(46-17-12-28-60-58(46)40-13-6-5-7-14-40)34-57(51(56)35-59)62-53-19-11-9-16-48(53)50-32-42(23-27-55(50)62)45-25-21-37(2)30-39(45)4/h5-34H,1-4H3. The van der Waals surface area contributed by atoms with Gasteiger partial charge in [0.15, 0.2) is 0 Å². The molecule has 0 fully saturated rings. The van der Waals surface area contributed by atoms with Crippen LogP contribution in [0.15, 0.2) is 182 Å². The molecule has 3 aromatic heterocycles. The first-order chi connectivity index (χ1) is 30.4. The van der Waals surface area contributed by atoms with Gasteiger partial charge < -0.3 is 9.13 Å². The summed E-state index contributed by atoms with van der Waals surface area (Å²) in [4.78, 5) is 4.98. The lowest BCUT2D eigenvalue weighted by atomic mass is 9.96. The van der Waals surface area contributed by atoms with Crippen molar-refractivity contribution >= 4 is 43.6 Å². The van der Waals surface area contributed by atoms with Crippen molar-refractivity contribution in [2.45, 2.75) is 27.7 Å². The van der Waals surface area contributed by atoms with Crippen molar-refractivity contribution in [3.8, 4) is 62.1 Å². The van der Waals surface area contributed by atoms with Gasteiger partial charge in [-0.3, -0.25) is 4.98 Å². The van der Waals surface area contributed by atoms with Gasteiger partial charge >= 0.3 is 0 Å². The lowest BCUT2D eigenvalue weighted by Crippen LogP contribution is -2.05. The number of nitrogens with zero attached hydrogens (tertiary/aromatic N) is 4. The van der Waals surface area contributed by atoms with E-state index in [0.717, 1.165) is 77.4 Å². The zero-order valence-corrected chi connectivity index (χ0v) is 35.1. The largest absolute Gasteiger partial charge is 0.308 e. The summed E-state index contributed by atoms with van der Waals surface area (Å²) in [6.45, 7) is 8.65. The van der Waals surface area contributed by atoms with Crippen molar-refractivity contribution < 1.29 is 0 Å². The van der Waals surface area contributed by atoms with Gasteiger partial charge in [0.1, 0.15) is 11.6 Å². The molecular formula is C58H42N4. The van der Waals surface area contributed by atoms with Gasteiger partial charge in [-0.15, -0.1) is 0 Å². The Labute approximate surface area is 361 Å². The first kappa shape index (κ1) is 37.0. The molecule has 0 aliphatic carbocycles. The highest BCUT2D eigenvalue weighted by molar-refractivity contribution is 6.12. The molecule has 0 saturated carbocycles. The van der Waals surface area contributed by atoms with Crippen molar-refractivity contribution in [2.75, 3.05) is 0 Å². The zero-order chi connectivity index (χ0) is 42.1. The van der Waals surface area contributed by atoms with Crippen LogP contribution in [-0.4, -0.2) is 14.1 Å². The maximum absolute atomic E-state index is 11.6. The number of rotatable bonds is 6. The minimum absolute atomic E-state index is 0.584. The van der Waals surface area contributed by atoms with Gasteiger partial charge in [-0.05, 0) is 121 Å². The number of hydrogen-bond acceptors (Lipinski definition) is 2. The predicted molar refractivity (Wildman–Crippen MR) is 258 cm³/mol. The summed E-state index contributed by atoms with van der Waals surface area (Å²) in [5.74, 6) is 0. The van der Waals surface area contributed by atoms with Gasteiger partial charge in [0.25, 0.3) is 0 Å². The van der Waals surface area contributed by atoms with Gasteiger partial charge in [0.05, 0.1) is 39.1 Å². The van der Waals surface area contributed by atoms with E-state index in [9.17, 15) is 5.26 Å². The lowest BCUT2D eigenvalue weighted by molar-refractivity contribution is 1.12. The first-order valence-corrected chi connectivity index (χ1v) is 21.2. The van der Waals surface area contributed by atoms with Crippen molar-refractivity contribution in [2.24, 2.45) is 0 Å². The number of benzene rings is 8. The third-order valence-corrected chi connectivity index (χ3v) is 12.6. The van der Waals surface area contributed by atoms with Crippen molar-refractivity contribution in [1.29, 1.82) is 5.26 Å². The molecule has 0 amide bonds. The second-order valence-electron chi connectivity index (χ2n) is 16.6. The van der Waals surface area contributed by atoms with Crippen LogP contribution in [0.4, 0.5) is 0 Å². The second kappa shape index (κ2) is 14.6. The van der Waals surface area contributed by atoms with E-state index in [-0.39, 0.29) is 0 Å². The summed E-state index contributed by atoms with van der Waals surface area (Å²) in [6, 6.07) is 65.7. The molecule has 0 aliphatic rings. The van der Waals surface area contributed by atoms with E-state index in [1.165, 1.54) is 44.5 Å². The molecule has 11 aromatic rings. The highest BCUT2D eigenvalue weighted by Gasteiger charge is 2.24. The van der Waals surface area contributed by atoms with E-state index in [1.807, 2.05) is 18.3 Å².